The molecule has 0 spiro atoms. The Hall–Kier alpha value is -1.60. The molecule has 0 bridgehead atoms. The maximum atomic E-state index is 11.7. The molecule has 1 aromatic heterocycles. The van der Waals surface area contributed by atoms with Crippen molar-refractivity contribution in [3.05, 3.63) is 27.0 Å². The first kappa shape index (κ1) is 13.8. The van der Waals surface area contributed by atoms with Gasteiger partial charge in [0.05, 0.1) is 19.3 Å². The van der Waals surface area contributed by atoms with Crippen molar-refractivity contribution in [3.63, 3.8) is 0 Å². The lowest BCUT2D eigenvalue weighted by Crippen LogP contribution is -2.48. The molecule has 3 N–H and O–H groups in total. The van der Waals surface area contributed by atoms with E-state index in [1.54, 1.807) is 0 Å². The Morgan fingerprint density at radius 3 is 2.95 bits per heavy atom. The van der Waals surface area contributed by atoms with Gasteiger partial charge < -0.3 is 10.5 Å². The largest absolute Gasteiger partial charge is 0.393 e. The molecule has 1 aliphatic heterocycles. The van der Waals surface area contributed by atoms with Crippen LogP contribution in [0.2, 0.25) is 0 Å². The Morgan fingerprint density at radius 1 is 1.53 bits per heavy atom. The van der Waals surface area contributed by atoms with Gasteiger partial charge in [-0.25, -0.2) is 4.79 Å². The van der Waals surface area contributed by atoms with Crippen molar-refractivity contribution in [1.82, 2.24) is 14.5 Å². The average Bonchev–Trinajstić information content (AvgIpc) is 2.36. The molecule has 1 aromatic rings. The third-order valence-corrected chi connectivity index (χ3v) is 3.34. The van der Waals surface area contributed by atoms with E-state index in [2.05, 4.69) is 23.7 Å². The Bertz CT molecular complexity index is 549. The molecule has 19 heavy (non-hydrogen) atoms. The number of rotatable bonds is 3. The third-order valence-electron chi connectivity index (χ3n) is 3.34. The van der Waals surface area contributed by atoms with Crippen molar-refractivity contribution in [2.45, 2.75) is 32.5 Å². The standard InChI is InChI=1S/C12H20N4O3/c1-8(2)15-3-4-19-9(5-15)6-16-7-10(13)11(17)14-12(16)18/h7-9H,3-6,13H2,1-2H3,(H,14,17,18). The third kappa shape index (κ3) is 3.24. The first-order valence-electron chi connectivity index (χ1n) is 6.42. The van der Waals surface area contributed by atoms with E-state index in [0.29, 0.717) is 19.2 Å². The van der Waals surface area contributed by atoms with Crippen LogP contribution in [-0.4, -0.2) is 46.3 Å². The van der Waals surface area contributed by atoms with E-state index in [1.807, 2.05) is 0 Å². The van der Waals surface area contributed by atoms with E-state index in [9.17, 15) is 9.59 Å². The Kier molecular flexibility index (Phi) is 4.06. The number of nitrogens with zero attached hydrogens (tertiary/aromatic N) is 2. The van der Waals surface area contributed by atoms with Crippen LogP contribution in [0.3, 0.4) is 0 Å². The molecule has 0 amide bonds. The van der Waals surface area contributed by atoms with Crippen LogP contribution in [0, 0.1) is 0 Å². The van der Waals surface area contributed by atoms with Gasteiger partial charge in [-0.3, -0.25) is 19.2 Å². The van der Waals surface area contributed by atoms with E-state index in [1.165, 1.54) is 10.8 Å². The van der Waals surface area contributed by atoms with Gasteiger partial charge in [0, 0.05) is 25.3 Å². The number of hydrogen-bond acceptors (Lipinski definition) is 5. The summed E-state index contributed by atoms with van der Waals surface area (Å²) in [5.74, 6) is 0. The second-order valence-corrected chi connectivity index (χ2v) is 5.08. The predicted octanol–water partition coefficient (Wildman–Crippen LogP) is -0.772. The Balaban J connectivity index is 2.11. The fraction of sp³-hybridized carbons (Fsp3) is 0.667. The fourth-order valence-electron chi connectivity index (χ4n) is 2.20. The van der Waals surface area contributed by atoms with E-state index in [4.69, 9.17) is 10.5 Å². The number of nitrogens with two attached hydrogens (primary N) is 1. The van der Waals surface area contributed by atoms with Crippen molar-refractivity contribution in [2.75, 3.05) is 25.4 Å². The van der Waals surface area contributed by atoms with Crippen molar-refractivity contribution >= 4 is 5.69 Å². The van der Waals surface area contributed by atoms with Crippen LogP contribution in [0.4, 0.5) is 5.69 Å². The summed E-state index contributed by atoms with van der Waals surface area (Å²) in [5.41, 5.74) is 4.55. The van der Waals surface area contributed by atoms with Crippen molar-refractivity contribution < 1.29 is 4.74 Å². The molecule has 2 rings (SSSR count). The topological polar surface area (TPSA) is 93.3 Å². The monoisotopic (exact) mass is 268 g/mol. The number of aromatic amines is 1. The van der Waals surface area contributed by atoms with Crippen LogP contribution in [0.15, 0.2) is 15.8 Å². The van der Waals surface area contributed by atoms with Crippen LogP contribution in [0.1, 0.15) is 13.8 Å². The molecule has 1 atom stereocenters. The van der Waals surface area contributed by atoms with Gasteiger partial charge in [0.15, 0.2) is 0 Å². The van der Waals surface area contributed by atoms with Crippen molar-refractivity contribution in [2.24, 2.45) is 0 Å². The number of aromatic nitrogens is 2. The normalized spacial score (nSPS) is 20.9. The lowest BCUT2D eigenvalue weighted by Gasteiger charge is -2.35. The summed E-state index contributed by atoms with van der Waals surface area (Å²) in [4.78, 5) is 27.3. The van der Waals surface area contributed by atoms with E-state index < -0.39 is 11.2 Å². The molecule has 0 aromatic carbocycles. The lowest BCUT2D eigenvalue weighted by atomic mass is 10.2. The molecular formula is C12H20N4O3. The van der Waals surface area contributed by atoms with Gasteiger partial charge in [-0.15, -0.1) is 0 Å². The minimum absolute atomic E-state index is 0.0381. The van der Waals surface area contributed by atoms with Crippen LogP contribution < -0.4 is 17.0 Å². The minimum atomic E-state index is -0.547. The Morgan fingerprint density at radius 2 is 2.26 bits per heavy atom. The first-order chi connectivity index (χ1) is 8.97. The summed E-state index contributed by atoms with van der Waals surface area (Å²) in [5, 5.41) is 0. The number of morpholine rings is 1. The minimum Gasteiger partial charge on any atom is -0.393 e. The second-order valence-electron chi connectivity index (χ2n) is 5.08. The molecule has 1 unspecified atom stereocenters. The van der Waals surface area contributed by atoms with E-state index in [-0.39, 0.29) is 11.8 Å². The highest BCUT2D eigenvalue weighted by Gasteiger charge is 2.22. The molecule has 0 radical (unpaired) electrons. The maximum Gasteiger partial charge on any atom is 0.328 e. The number of ether oxygens (including phenoxy) is 1. The molecule has 7 nitrogen and oxygen atoms in total. The molecule has 1 saturated heterocycles. The molecule has 1 aliphatic rings. The predicted molar refractivity (Wildman–Crippen MR) is 72.2 cm³/mol. The van der Waals surface area contributed by atoms with Gasteiger partial charge in [-0.1, -0.05) is 0 Å². The zero-order chi connectivity index (χ0) is 14.0. The highest BCUT2D eigenvalue weighted by molar-refractivity contribution is 5.30. The first-order valence-corrected chi connectivity index (χ1v) is 6.42. The van der Waals surface area contributed by atoms with Crippen LogP contribution in [0.25, 0.3) is 0 Å². The Labute approximate surface area is 111 Å². The fourth-order valence-corrected chi connectivity index (χ4v) is 2.20. The van der Waals surface area contributed by atoms with Gasteiger partial charge in [-0.2, -0.15) is 0 Å². The number of nitrogens with one attached hydrogen (secondary N) is 1. The lowest BCUT2D eigenvalue weighted by molar-refractivity contribution is -0.0461. The zero-order valence-corrected chi connectivity index (χ0v) is 11.3. The number of hydrogen-bond donors (Lipinski definition) is 2. The van der Waals surface area contributed by atoms with Crippen molar-refractivity contribution in [3.8, 4) is 0 Å². The number of H-pyrrole nitrogens is 1. The smallest absolute Gasteiger partial charge is 0.328 e. The number of nitrogen functional groups attached to an aromatic ring is 1. The summed E-state index contributed by atoms with van der Waals surface area (Å²) in [6.45, 7) is 6.97. The van der Waals surface area contributed by atoms with E-state index >= 15 is 0 Å². The summed E-state index contributed by atoms with van der Waals surface area (Å²) in [7, 11) is 0. The van der Waals surface area contributed by atoms with Gasteiger partial charge in [-0.05, 0) is 13.8 Å². The van der Waals surface area contributed by atoms with Gasteiger partial charge >= 0.3 is 5.69 Å². The molecule has 0 aliphatic carbocycles. The highest BCUT2D eigenvalue weighted by atomic mass is 16.5. The molecule has 0 saturated carbocycles. The van der Waals surface area contributed by atoms with Crippen LogP contribution in [-0.2, 0) is 11.3 Å². The molecular weight excluding hydrogens is 248 g/mol. The zero-order valence-electron chi connectivity index (χ0n) is 11.3. The summed E-state index contributed by atoms with van der Waals surface area (Å²) in [6, 6.07) is 0.448. The summed E-state index contributed by atoms with van der Waals surface area (Å²) < 4.78 is 7.05. The average molecular weight is 268 g/mol. The summed E-state index contributed by atoms with van der Waals surface area (Å²) >= 11 is 0. The second kappa shape index (κ2) is 5.58. The van der Waals surface area contributed by atoms with Gasteiger partial charge in [0.1, 0.15) is 5.69 Å². The molecule has 7 heteroatoms. The van der Waals surface area contributed by atoms with Crippen molar-refractivity contribution in [1.29, 1.82) is 0 Å². The molecule has 2 heterocycles. The summed E-state index contributed by atoms with van der Waals surface area (Å²) in [6.07, 6.45) is 1.30. The SMILES string of the molecule is CC(C)N1CCOC(Cn2cc(N)c(=O)[nH]c2=O)C1. The molecule has 106 valence electrons. The highest BCUT2D eigenvalue weighted by Crippen LogP contribution is 2.10. The maximum absolute atomic E-state index is 11.7. The van der Waals surface area contributed by atoms with E-state index in [0.717, 1.165) is 13.1 Å². The van der Waals surface area contributed by atoms with Gasteiger partial charge in [0.25, 0.3) is 5.56 Å². The van der Waals surface area contributed by atoms with Crippen LogP contribution >= 0.6 is 0 Å². The quantitative estimate of drug-likeness (QED) is 0.750. The van der Waals surface area contributed by atoms with Crippen LogP contribution in [0.5, 0.6) is 0 Å². The number of anilines is 1. The van der Waals surface area contributed by atoms with Gasteiger partial charge in [0.2, 0.25) is 0 Å². The molecule has 1 fully saturated rings.